The van der Waals surface area contributed by atoms with Gasteiger partial charge in [0.15, 0.2) is 5.17 Å². The number of fused-ring (bicyclic) bond motifs is 1. The van der Waals surface area contributed by atoms with Crippen LogP contribution in [-0.2, 0) is 14.3 Å². The fourth-order valence-electron chi connectivity index (χ4n) is 3.59. The van der Waals surface area contributed by atoms with Gasteiger partial charge in [0.2, 0.25) is 5.91 Å². The van der Waals surface area contributed by atoms with Crippen LogP contribution in [0.2, 0.25) is 0 Å². The second kappa shape index (κ2) is 8.75. The molecule has 0 spiro atoms. The lowest BCUT2D eigenvalue weighted by Crippen LogP contribution is -2.39. The van der Waals surface area contributed by atoms with Gasteiger partial charge in [-0.3, -0.25) is 9.69 Å². The molecule has 0 N–H and O–H groups in total. The molecule has 0 aliphatic carbocycles. The van der Waals surface area contributed by atoms with Gasteiger partial charge in [0, 0.05) is 5.56 Å². The Labute approximate surface area is 179 Å². The number of thioether (sulfide) groups is 1. The van der Waals surface area contributed by atoms with E-state index in [0.717, 1.165) is 16.9 Å². The molecule has 1 fully saturated rings. The molecule has 2 aromatic rings. The van der Waals surface area contributed by atoms with Crippen LogP contribution in [0.5, 0.6) is 5.75 Å². The van der Waals surface area contributed by atoms with Crippen molar-refractivity contribution in [1.29, 1.82) is 0 Å². The van der Waals surface area contributed by atoms with Crippen LogP contribution in [0.15, 0.2) is 65.2 Å². The first-order valence-electron chi connectivity index (χ1n) is 9.87. The lowest BCUT2D eigenvalue weighted by Gasteiger charge is -2.33. The van der Waals surface area contributed by atoms with E-state index in [4.69, 9.17) is 14.5 Å². The summed E-state index contributed by atoms with van der Waals surface area (Å²) in [6.07, 6.45) is 0. The fraction of sp³-hybridized carbons (Fsp3) is 0.261. The van der Waals surface area contributed by atoms with Crippen LogP contribution in [0.4, 0.5) is 0 Å². The fourth-order valence-corrected chi connectivity index (χ4v) is 4.48. The van der Waals surface area contributed by atoms with Crippen LogP contribution in [0.3, 0.4) is 0 Å². The molecule has 7 heteroatoms. The highest BCUT2D eigenvalue weighted by molar-refractivity contribution is 8.15. The van der Waals surface area contributed by atoms with Gasteiger partial charge in [-0.25, -0.2) is 9.79 Å². The van der Waals surface area contributed by atoms with Crippen molar-refractivity contribution < 1.29 is 19.1 Å². The van der Waals surface area contributed by atoms with Crippen LogP contribution < -0.4 is 4.74 Å². The van der Waals surface area contributed by atoms with E-state index < -0.39 is 12.0 Å². The third kappa shape index (κ3) is 3.73. The van der Waals surface area contributed by atoms with Crippen LogP contribution >= 0.6 is 11.8 Å². The molecule has 2 aliphatic heterocycles. The molecule has 0 aromatic heterocycles. The summed E-state index contributed by atoms with van der Waals surface area (Å²) < 4.78 is 10.9. The molecular weight excluding hydrogens is 400 g/mol. The topological polar surface area (TPSA) is 68.2 Å². The van der Waals surface area contributed by atoms with Crippen LogP contribution in [0, 0.1) is 0 Å². The summed E-state index contributed by atoms with van der Waals surface area (Å²) in [5.41, 5.74) is 2.52. The number of amidine groups is 1. The third-order valence-corrected chi connectivity index (χ3v) is 5.78. The average Bonchev–Trinajstić information content (AvgIpc) is 3.14. The highest BCUT2D eigenvalue weighted by Gasteiger charge is 2.44. The van der Waals surface area contributed by atoms with Crippen molar-refractivity contribution in [2.24, 2.45) is 4.99 Å². The molecule has 0 bridgehead atoms. The minimum absolute atomic E-state index is 0.0773. The highest BCUT2D eigenvalue weighted by atomic mass is 32.2. The average molecular weight is 423 g/mol. The lowest BCUT2D eigenvalue weighted by atomic mass is 9.92. The standard InChI is InChI=1S/C23H22N2O4S/c1-3-28-17-12-10-16(11-13-17)21-19(22(27)29-4-2)20(15-8-6-5-7-9-15)24-23-25(21)18(26)14-30-23/h5-13,21H,3-4,14H2,1-2H3/t21-/m0/s1. The van der Waals surface area contributed by atoms with Gasteiger partial charge in [-0.15, -0.1) is 0 Å². The predicted octanol–water partition coefficient (Wildman–Crippen LogP) is 4.05. The largest absolute Gasteiger partial charge is 0.494 e. The summed E-state index contributed by atoms with van der Waals surface area (Å²) in [5.74, 6) is 0.483. The number of hydrogen-bond acceptors (Lipinski definition) is 6. The Bertz CT molecular complexity index is 1020. The van der Waals surface area contributed by atoms with Crippen molar-refractivity contribution in [3.8, 4) is 5.75 Å². The Morgan fingerprint density at radius 1 is 1.10 bits per heavy atom. The number of aliphatic imine (C=N–C) groups is 1. The normalized spacial score (nSPS) is 18.2. The quantitative estimate of drug-likeness (QED) is 0.657. The van der Waals surface area contributed by atoms with E-state index in [9.17, 15) is 9.59 Å². The van der Waals surface area contributed by atoms with E-state index in [1.807, 2.05) is 61.5 Å². The first kappa shape index (κ1) is 20.2. The van der Waals surface area contributed by atoms with Gasteiger partial charge in [0.1, 0.15) is 5.75 Å². The maximum absolute atomic E-state index is 13.1. The van der Waals surface area contributed by atoms with E-state index in [-0.39, 0.29) is 12.5 Å². The maximum Gasteiger partial charge on any atom is 0.338 e. The second-order valence-corrected chi connectivity index (χ2v) is 7.64. The first-order valence-corrected chi connectivity index (χ1v) is 10.9. The molecule has 0 unspecified atom stereocenters. The number of ether oxygens (including phenoxy) is 2. The number of benzene rings is 2. The number of hydrogen-bond donors (Lipinski definition) is 0. The van der Waals surface area contributed by atoms with Gasteiger partial charge in [0.05, 0.1) is 36.3 Å². The zero-order valence-corrected chi connectivity index (χ0v) is 17.6. The van der Waals surface area contributed by atoms with Crippen molar-refractivity contribution in [3.63, 3.8) is 0 Å². The Morgan fingerprint density at radius 3 is 2.50 bits per heavy atom. The maximum atomic E-state index is 13.1. The summed E-state index contributed by atoms with van der Waals surface area (Å²) in [6.45, 7) is 4.49. The van der Waals surface area contributed by atoms with Crippen LogP contribution in [0.1, 0.15) is 31.0 Å². The van der Waals surface area contributed by atoms with Crippen molar-refractivity contribution in [2.45, 2.75) is 19.9 Å². The number of nitrogens with zero attached hydrogens (tertiary/aromatic N) is 2. The number of amides is 1. The van der Waals surface area contributed by atoms with E-state index in [1.54, 1.807) is 11.8 Å². The van der Waals surface area contributed by atoms with Crippen LogP contribution in [0.25, 0.3) is 5.70 Å². The molecule has 0 saturated carbocycles. The minimum atomic E-state index is -0.607. The van der Waals surface area contributed by atoms with Crippen molar-refractivity contribution in [3.05, 3.63) is 71.3 Å². The Balaban J connectivity index is 1.90. The molecule has 1 saturated heterocycles. The zero-order valence-electron chi connectivity index (χ0n) is 16.8. The summed E-state index contributed by atoms with van der Waals surface area (Å²) in [5, 5.41) is 0.603. The Morgan fingerprint density at radius 2 is 1.83 bits per heavy atom. The van der Waals surface area contributed by atoms with Crippen molar-refractivity contribution in [1.82, 2.24) is 4.90 Å². The molecule has 2 heterocycles. The monoisotopic (exact) mass is 422 g/mol. The highest BCUT2D eigenvalue weighted by Crippen LogP contribution is 2.44. The summed E-state index contributed by atoms with van der Waals surface area (Å²) in [4.78, 5) is 32.2. The van der Waals surface area contributed by atoms with E-state index in [2.05, 4.69) is 0 Å². The Hall–Kier alpha value is -3.06. The molecule has 30 heavy (non-hydrogen) atoms. The molecule has 4 rings (SSSR count). The van der Waals surface area contributed by atoms with Crippen LogP contribution in [-0.4, -0.2) is 40.9 Å². The predicted molar refractivity (Wildman–Crippen MR) is 117 cm³/mol. The third-order valence-electron chi connectivity index (χ3n) is 4.84. The second-order valence-electron chi connectivity index (χ2n) is 6.70. The molecule has 154 valence electrons. The lowest BCUT2D eigenvalue weighted by molar-refractivity contribution is -0.139. The van der Waals surface area contributed by atoms with E-state index >= 15 is 0 Å². The summed E-state index contributed by atoms with van der Waals surface area (Å²) in [7, 11) is 0. The number of rotatable bonds is 6. The van der Waals surface area contributed by atoms with E-state index in [0.29, 0.717) is 28.8 Å². The van der Waals surface area contributed by atoms with Gasteiger partial charge >= 0.3 is 5.97 Å². The number of carbonyl (C=O) groups excluding carboxylic acids is 2. The van der Waals surface area contributed by atoms with Gasteiger partial charge in [-0.05, 0) is 31.5 Å². The SMILES string of the molecule is CCOC(=O)C1=C(c2ccccc2)N=C2SCC(=O)N2[C@H]1c1ccc(OCC)cc1. The smallest absolute Gasteiger partial charge is 0.338 e. The van der Waals surface area contributed by atoms with Gasteiger partial charge in [-0.2, -0.15) is 0 Å². The van der Waals surface area contributed by atoms with Gasteiger partial charge in [0.25, 0.3) is 0 Å². The van der Waals surface area contributed by atoms with Gasteiger partial charge < -0.3 is 9.47 Å². The summed E-state index contributed by atoms with van der Waals surface area (Å²) in [6, 6.07) is 16.4. The summed E-state index contributed by atoms with van der Waals surface area (Å²) >= 11 is 1.39. The van der Waals surface area contributed by atoms with E-state index in [1.165, 1.54) is 11.8 Å². The molecule has 0 radical (unpaired) electrons. The van der Waals surface area contributed by atoms with Gasteiger partial charge in [-0.1, -0.05) is 54.2 Å². The van der Waals surface area contributed by atoms with Crippen molar-refractivity contribution in [2.75, 3.05) is 19.0 Å². The Kier molecular flexibility index (Phi) is 5.90. The molecule has 2 aliphatic rings. The number of carbonyl (C=O) groups is 2. The molecule has 1 atom stereocenters. The molecule has 6 nitrogen and oxygen atoms in total. The number of esters is 1. The zero-order chi connectivity index (χ0) is 21.1. The molecule has 1 amide bonds. The van der Waals surface area contributed by atoms with Crippen molar-refractivity contribution >= 4 is 34.5 Å². The molecular formula is C23H22N2O4S. The molecule has 2 aromatic carbocycles. The first-order chi connectivity index (χ1) is 14.6. The minimum Gasteiger partial charge on any atom is -0.494 e.